The van der Waals surface area contributed by atoms with Gasteiger partial charge in [-0.2, -0.15) is 0 Å². The highest BCUT2D eigenvalue weighted by Crippen LogP contribution is 2.26. The molecule has 19 heavy (non-hydrogen) atoms. The van der Waals surface area contributed by atoms with Gasteiger partial charge in [0.2, 0.25) is 0 Å². The third-order valence-electron chi connectivity index (χ3n) is 3.13. The molecule has 0 aliphatic carbocycles. The van der Waals surface area contributed by atoms with E-state index in [9.17, 15) is 0 Å². The Balaban J connectivity index is 1.70. The molecule has 4 nitrogen and oxygen atoms in total. The van der Waals surface area contributed by atoms with Gasteiger partial charge in [0, 0.05) is 19.6 Å². The van der Waals surface area contributed by atoms with Crippen molar-refractivity contribution in [3.05, 3.63) is 24.3 Å². The molecule has 2 rings (SSSR count). The van der Waals surface area contributed by atoms with Gasteiger partial charge in [0.05, 0.1) is 26.4 Å². The highest BCUT2D eigenvalue weighted by molar-refractivity contribution is 5.39. The molecular formula is C15H23NO3. The second-order valence-corrected chi connectivity index (χ2v) is 4.54. The summed E-state index contributed by atoms with van der Waals surface area (Å²) in [5.41, 5.74) is 0. The lowest BCUT2D eigenvalue weighted by Gasteiger charge is -2.26. The molecule has 1 aliphatic heterocycles. The molecule has 0 bridgehead atoms. The summed E-state index contributed by atoms with van der Waals surface area (Å²) in [6, 6.07) is 7.84. The summed E-state index contributed by atoms with van der Waals surface area (Å²) in [4.78, 5) is 2.42. The van der Waals surface area contributed by atoms with E-state index in [0.29, 0.717) is 6.61 Å². The fourth-order valence-electron chi connectivity index (χ4n) is 2.14. The van der Waals surface area contributed by atoms with Gasteiger partial charge in [0.25, 0.3) is 0 Å². The first kappa shape index (κ1) is 14.2. The minimum Gasteiger partial charge on any atom is -0.490 e. The monoisotopic (exact) mass is 265 g/mol. The van der Waals surface area contributed by atoms with Crippen LogP contribution in [0.4, 0.5) is 0 Å². The zero-order valence-corrected chi connectivity index (χ0v) is 11.6. The maximum atomic E-state index is 5.80. The number of rotatable bonds is 7. The van der Waals surface area contributed by atoms with Gasteiger partial charge in [-0.25, -0.2) is 0 Å². The van der Waals surface area contributed by atoms with Gasteiger partial charge in [-0.15, -0.1) is 0 Å². The number of hydrogen-bond acceptors (Lipinski definition) is 4. The van der Waals surface area contributed by atoms with Crippen LogP contribution in [-0.4, -0.2) is 51.0 Å². The second-order valence-electron chi connectivity index (χ2n) is 4.54. The molecule has 1 fully saturated rings. The molecule has 1 aromatic carbocycles. The Morgan fingerprint density at radius 1 is 1.11 bits per heavy atom. The van der Waals surface area contributed by atoms with Gasteiger partial charge in [0.1, 0.15) is 0 Å². The van der Waals surface area contributed by atoms with Gasteiger partial charge in [-0.05, 0) is 25.5 Å². The molecule has 1 aromatic rings. The summed E-state index contributed by atoms with van der Waals surface area (Å²) in [6.45, 7) is 8.22. The Morgan fingerprint density at radius 3 is 2.47 bits per heavy atom. The van der Waals surface area contributed by atoms with Crippen LogP contribution in [0, 0.1) is 0 Å². The molecular weight excluding hydrogens is 242 g/mol. The SMILES string of the molecule is CCOc1ccccc1OCCCN1CCOCC1. The van der Waals surface area contributed by atoms with Crippen LogP contribution in [0.25, 0.3) is 0 Å². The molecule has 0 N–H and O–H groups in total. The predicted octanol–water partition coefficient (Wildman–Crippen LogP) is 2.19. The maximum absolute atomic E-state index is 5.80. The van der Waals surface area contributed by atoms with E-state index in [0.717, 1.165) is 57.4 Å². The van der Waals surface area contributed by atoms with Crippen molar-refractivity contribution < 1.29 is 14.2 Å². The van der Waals surface area contributed by atoms with E-state index in [1.165, 1.54) is 0 Å². The molecule has 0 saturated carbocycles. The van der Waals surface area contributed by atoms with E-state index in [2.05, 4.69) is 4.90 Å². The summed E-state index contributed by atoms with van der Waals surface area (Å²) in [5, 5.41) is 0. The first-order valence-corrected chi connectivity index (χ1v) is 7.05. The molecule has 106 valence electrons. The third kappa shape index (κ3) is 4.73. The summed E-state index contributed by atoms with van der Waals surface area (Å²) in [5.74, 6) is 1.67. The van der Waals surface area contributed by atoms with Crippen LogP contribution in [0.1, 0.15) is 13.3 Å². The van der Waals surface area contributed by atoms with Gasteiger partial charge in [-0.1, -0.05) is 12.1 Å². The maximum Gasteiger partial charge on any atom is 0.161 e. The number of ether oxygens (including phenoxy) is 3. The third-order valence-corrected chi connectivity index (χ3v) is 3.13. The highest BCUT2D eigenvalue weighted by atomic mass is 16.5. The van der Waals surface area contributed by atoms with Crippen LogP contribution in [0.3, 0.4) is 0 Å². The van der Waals surface area contributed by atoms with E-state index < -0.39 is 0 Å². The topological polar surface area (TPSA) is 30.9 Å². The fourth-order valence-corrected chi connectivity index (χ4v) is 2.14. The molecule has 0 radical (unpaired) electrons. The van der Waals surface area contributed by atoms with Crippen LogP contribution in [0.2, 0.25) is 0 Å². The van der Waals surface area contributed by atoms with E-state index >= 15 is 0 Å². The van der Waals surface area contributed by atoms with Crippen molar-refractivity contribution in [1.82, 2.24) is 4.90 Å². The minimum absolute atomic E-state index is 0.661. The van der Waals surface area contributed by atoms with Crippen molar-refractivity contribution >= 4 is 0 Å². The van der Waals surface area contributed by atoms with E-state index in [1.807, 2.05) is 31.2 Å². The largest absolute Gasteiger partial charge is 0.490 e. The van der Waals surface area contributed by atoms with Crippen molar-refractivity contribution in [2.45, 2.75) is 13.3 Å². The van der Waals surface area contributed by atoms with Crippen molar-refractivity contribution in [1.29, 1.82) is 0 Å². The molecule has 0 aromatic heterocycles. The number of nitrogens with zero attached hydrogens (tertiary/aromatic N) is 1. The average molecular weight is 265 g/mol. The molecule has 0 amide bonds. The summed E-state index contributed by atoms with van der Waals surface area (Å²) in [6.07, 6.45) is 1.03. The lowest BCUT2D eigenvalue weighted by atomic mass is 10.3. The Labute approximate surface area is 115 Å². The van der Waals surface area contributed by atoms with Gasteiger partial charge in [-0.3, -0.25) is 4.90 Å². The zero-order chi connectivity index (χ0) is 13.3. The van der Waals surface area contributed by atoms with E-state index in [1.54, 1.807) is 0 Å². The van der Waals surface area contributed by atoms with Crippen molar-refractivity contribution in [3.63, 3.8) is 0 Å². The van der Waals surface area contributed by atoms with Crippen LogP contribution >= 0.6 is 0 Å². The normalized spacial score (nSPS) is 16.3. The van der Waals surface area contributed by atoms with E-state index in [4.69, 9.17) is 14.2 Å². The van der Waals surface area contributed by atoms with Crippen molar-refractivity contribution in [2.24, 2.45) is 0 Å². The summed E-state index contributed by atoms with van der Waals surface area (Å²) in [7, 11) is 0. The zero-order valence-electron chi connectivity index (χ0n) is 11.6. The molecule has 0 atom stereocenters. The average Bonchev–Trinajstić information content (AvgIpc) is 2.47. The van der Waals surface area contributed by atoms with Gasteiger partial charge >= 0.3 is 0 Å². The number of hydrogen-bond donors (Lipinski definition) is 0. The molecule has 1 heterocycles. The Hall–Kier alpha value is -1.26. The lowest BCUT2D eigenvalue weighted by Crippen LogP contribution is -2.37. The second kappa shape index (κ2) is 8.02. The Morgan fingerprint density at radius 2 is 1.79 bits per heavy atom. The quantitative estimate of drug-likeness (QED) is 0.707. The molecule has 1 saturated heterocycles. The number of para-hydroxylation sites is 2. The molecule has 0 spiro atoms. The summed E-state index contributed by atoms with van der Waals surface area (Å²) >= 11 is 0. The predicted molar refractivity (Wildman–Crippen MR) is 75.0 cm³/mol. The number of benzene rings is 1. The first-order valence-electron chi connectivity index (χ1n) is 7.05. The standard InChI is InChI=1S/C15H23NO3/c1-2-18-14-6-3-4-7-15(14)19-11-5-8-16-9-12-17-13-10-16/h3-4,6-7H,2,5,8-13H2,1H3. The lowest BCUT2D eigenvalue weighted by molar-refractivity contribution is 0.0357. The Bertz CT molecular complexity index is 364. The van der Waals surface area contributed by atoms with Crippen LogP contribution < -0.4 is 9.47 Å². The minimum atomic E-state index is 0.661. The van der Waals surface area contributed by atoms with Gasteiger partial charge < -0.3 is 14.2 Å². The molecule has 0 unspecified atom stereocenters. The van der Waals surface area contributed by atoms with Crippen LogP contribution in [-0.2, 0) is 4.74 Å². The highest BCUT2D eigenvalue weighted by Gasteiger charge is 2.09. The smallest absolute Gasteiger partial charge is 0.161 e. The fraction of sp³-hybridized carbons (Fsp3) is 0.600. The van der Waals surface area contributed by atoms with E-state index in [-0.39, 0.29) is 0 Å². The Kier molecular flexibility index (Phi) is 5.98. The van der Waals surface area contributed by atoms with Gasteiger partial charge in [0.15, 0.2) is 11.5 Å². The first-order chi connectivity index (χ1) is 9.40. The molecule has 4 heteroatoms. The van der Waals surface area contributed by atoms with Crippen LogP contribution in [0.5, 0.6) is 11.5 Å². The molecule has 1 aliphatic rings. The number of morpholine rings is 1. The summed E-state index contributed by atoms with van der Waals surface area (Å²) < 4.78 is 16.7. The van der Waals surface area contributed by atoms with Crippen molar-refractivity contribution in [3.8, 4) is 11.5 Å². The van der Waals surface area contributed by atoms with Crippen molar-refractivity contribution in [2.75, 3.05) is 46.1 Å². The van der Waals surface area contributed by atoms with Crippen LogP contribution in [0.15, 0.2) is 24.3 Å².